The monoisotopic (exact) mass is 446 g/mol. The van der Waals surface area contributed by atoms with Crippen LogP contribution in [-0.4, -0.2) is 38.9 Å². The Morgan fingerprint density at radius 1 is 1.22 bits per heavy atom. The number of benzene rings is 1. The molecular formula is C24H26N6OS. The van der Waals surface area contributed by atoms with Crippen LogP contribution in [0.15, 0.2) is 66.7 Å². The number of aromatic nitrogens is 4. The van der Waals surface area contributed by atoms with Crippen LogP contribution in [0.3, 0.4) is 0 Å². The Kier molecular flexibility index (Phi) is 5.87. The number of hydrogen-bond acceptors (Lipinski definition) is 7. The molecule has 0 aliphatic carbocycles. The molecule has 7 nitrogen and oxygen atoms in total. The molecule has 0 spiro atoms. The first-order valence-electron chi connectivity index (χ1n) is 10.7. The Morgan fingerprint density at radius 3 is 2.84 bits per heavy atom. The third-order valence-electron chi connectivity index (χ3n) is 5.76. The van der Waals surface area contributed by atoms with Crippen molar-refractivity contribution in [2.24, 2.45) is 7.05 Å². The second-order valence-corrected chi connectivity index (χ2v) is 9.04. The minimum absolute atomic E-state index is 0.0343. The summed E-state index contributed by atoms with van der Waals surface area (Å²) in [6.45, 7) is 3.74. The van der Waals surface area contributed by atoms with E-state index in [-0.39, 0.29) is 12.1 Å². The summed E-state index contributed by atoms with van der Waals surface area (Å²) in [5.74, 6) is 1.00. The van der Waals surface area contributed by atoms with Gasteiger partial charge in [-0.15, -0.1) is 11.3 Å². The summed E-state index contributed by atoms with van der Waals surface area (Å²) in [4.78, 5) is 10.1. The molecule has 0 unspecified atom stereocenters. The average molecular weight is 447 g/mol. The summed E-state index contributed by atoms with van der Waals surface area (Å²) in [6.07, 6.45) is 7.53. The zero-order valence-electron chi connectivity index (χ0n) is 18.1. The van der Waals surface area contributed by atoms with E-state index in [1.807, 2.05) is 43.4 Å². The predicted octanol–water partition coefficient (Wildman–Crippen LogP) is 4.25. The van der Waals surface area contributed by atoms with E-state index in [9.17, 15) is 0 Å². The number of aryl methyl sites for hydroxylation is 1. The van der Waals surface area contributed by atoms with Crippen molar-refractivity contribution in [3.05, 3.63) is 77.1 Å². The zero-order valence-corrected chi connectivity index (χ0v) is 18.9. The molecule has 1 aromatic carbocycles. The first-order chi connectivity index (χ1) is 15.7. The van der Waals surface area contributed by atoms with Gasteiger partial charge in [0.2, 0.25) is 5.88 Å². The summed E-state index contributed by atoms with van der Waals surface area (Å²) in [5, 5.41) is 11.5. The Hall–Kier alpha value is -3.23. The number of rotatable bonds is 7. The molecule has 0 radical (unpaired) electrons. The lowest BCUT2D eigenvalue weighted by Gasteiger charge is -2.34. The second-order valence-electron chi connectivity index (χ2n) is 8.12. The van der Waals surface area contributed by atoms with E-state index in [2.05, 4.69) is 63.0 Å². The number of hydrogen-bond donors (Lipinski definition) is 2. The van der Waals surface area contributed by atoms with Gasteiger partial charge in [0.25, 0.3) is 0 Å². The van der Waals surface area contributed by atoms with Gasteiger partial charge in [-0.1, -0.05) is 37.3 Å². The Morgan fingerprint density at radius 2 is 2.09 bits per heavy atom. The quantitative estimate of drug-likeness (QED) is 0.442. The Bertz CT molecular complexity index is 1160. The van der Waals surface area contributed by atoms with E-state index in [1.54, 1.807) is 16.0 Å². The fourth-order valence-electron chi connectivity index (χ4n) is 3.98. The molecule has 0 amide bonds. The maximum atomic E-state index is 6.40. The molecule has 4 heterocycles. The van der Waals surface area contributed by atoms with E-state index in [1.165, 1.54) is 10.4 Å². The molecule has 1 aliphatic rings. The second kappa shape index (κ2) is 9.10. The number of nitrogens with one attached hydrogen (secondary N) is 2. The molecule has 164 valence electrons. The SMILES string of the molecule is C[C@H](CN[C@H](c1ccccc1)[C@@H]1CNc2cc(-c3cnn(C)c3)cnc2O1)c1cncs1. The van der Waals surface area contributed by atoms with Gasteiger partial charge < -0.3 is 15.4 Å². The standard InChI is InChI=1S/C24H26N6OS/c1-16(22-13-25-15-32-22)9-27-23(17-6-4-3-5-7-17)21-12-26-20-8-18(10-28-24(20)31-21)19-11-29-30(2)14-19/h3-8,10-11,13-16,21,23,26-27H,9,12H2,1-2H3/t16-,21+,23-/m1/s1. The normalized spacial score (nSPS) is 17.1. The van der Waals surface area contributed by atoms with Crippen LogP contribution in [0.2, 0.25) is 0 Å². The molecule has 8 heteroatoms. The van der Waals surface area contributed by atoms with Crippen LogP contribution in [0, 0.1) is 0 Å². The van der Waals surface area contributed by atoms with Crippen molar-refractivity contribution in [2.75, 3.05) is 18.4 Å². The number of nitrogens with zero attached hydrogens (tertiary/aromatic N) is 4. The number of fused-ring (bicyclic) bond motifs is 1. The molecule has 32 heavy (non-hydrogen) atoms. The van der Waals surface area contributed by atoms with Crippen molar-refractivity contribution in [3.63, 3.8) is 0 Å². The Balaban J connectivity index is 1.35. The molecule has 3 aromatic heterocycles. The van der Waals surface area contributed by atoms with Gasteiger partial charge in [-0.3, -0.25) is 9.67 Å². The molecule has 3 atom stereocenters. The number of anilines is 1. The Labute approximate surface area is 191 Å². The highest BCUT2D eigenvalue weighted by atomic mass is 32.1. The van der Waals surface area contributed by atoms with Crippen molar-refractivity contribution >= 4 is 17.0 Å². The molecule has 0 fully saturated rings. The fraction of sp³-hybridized carbons (Fsp3) is 0.292. The van der Waals surface area contributed by atoms with Crippen molar-refractivity contribution in [1.29, 1.82) is 0 Å². The van der Waals surface area contributed by atoms with Crippen LogP contribution >= 0.6 is 11.3 Å². The number of thiazole rings is 1. The molecule has 0 saturated carbocycles. The van der Waals surface area contributed by atoms with Gasteiger partial charge in [0, 0.05) is 54.1 Å². The van der Waals surface area contributed by atoms with E-state index in [0.29, 0.717) is 18.3 Å². The van der Waals surface area contributed by atoms with Crippen LogP contribution in [0.4, 0.5) is 5.69 Å². The molecule has 1 aliphatic heterocycles. The smallest absolute Gasteiger partial charge is 0.237 e. The van der Waals surface area contributed by atoms with E-state index in [4.69, 9.17) is 4.74 Å². The van der Waals surface area contributed by atoms with E-state index >= 15 is 0 Å². The topological polar surface area (TPSA) is 76.9 Å². The minimum Gasteiger partial charge on any atom is -0.469 e. The first kappa shape index (κ1) is 20.7. The lowest BCUT2D eigenvalue weighted by molar-refractivity contribution is 0.149. The molecule has 0 saturated heterocycles. The highest BCUT2D eigenvalue weighted by molar-refractivity contribution is 7.09. The van der Waals surface area contributed by atoms with Crippen LogP contribution in [0.25, 0.3) is 11.1 Å². The molecule has 4 aromatic rings. The average Bonchev–Trinajstić information content (AvgIpc) is 3.52. The van der Waals surface area contributed by atoms with Crippen LogP contribution in [-0.2, 0) is 7.05 Å². The minimum atomic E-state index is -0.0877. The van der Waals surface area contributed by atoms with Crippen molar-refractivity contribution in [1.82, 2.24) is 25.1 Å². The van der Waals surface area contributed by atoms with Crippen molar-refractivity contribution < 1.29 is 4.74 Å². The number of pyridine rings is 1. The molecule has 2 N–H and O–H groups in total. The molecule has 0 bridgehead atoms. The highest BCUT2D eigenvalue weighted by Crippen LogP contribution is 2.34. The molecule has 5 rings (SSSR count). The van der Waals surface area contributed by atoms with Gasteiger partial charge in [0.05, 0.1) is 30.0 Å². The van der Waals surface area contributed by atoms with Gasteiger partial charge in [-0.25, -0.2) is 4.98 Å². The van der Waals surface area contributed by atoms with Crippen molar-refractivity contribution in [3.8, 4) is 17.0 Å². The van der Waals surface area contributed by atoms with Gasteiger partial charge in [-0.2, -0.15) is 5.10 Å². The first-order valence-corrected chi connectivity index (χ1v) is 11.6. The maximum absolute atomic E-state index is 6.40. The highest BCUT2D eigenvalue weighted by Gasteiger charge is 2.30. The lowest BCUT2D eigenvalue weighted by atomic mass is 9.99. The maximum Gasteiger partial charge on any atom is 0.237 e. The van der Waals surface area contributed by atoms with Gasteiger partial charge in [-0.05, 0) is 11.6 Å². The van der Waals surface area contributed by atoms with Crippen LogP contribution in [0.5, 0.6) is 5.88 Å². The molecular weight excluding hydrogens is 420 g/mol. The summed E-state index contributed by atoms with van der Waals surface area (Å²) >= 11 is 1.70. The van der Waals surface area contributed by atoms with Crippen LogP contribution < -0.4 is 15.4 Å². The number of ether oxygens (including phenoxy) is 1. The zero-order chi connectivity index (χ0) is 21.9. The lowest BCUT2D eigenvalue weighted by Crippen LogP contribution is -2.43. The predicted molar refractivity (Wildman–Crippen MR) is 127 cm³/mol. The van der Waals surface area contributed by atoms with Crippen LogP contribution in [0.1, 0.15) is 29.3 Å². The van der Waals surface area contributed by atoms with E-state index < -0.39 is 0 Å². The van der Waals surface area contributed by atoms with E-state index in [0.717, 1.165) is 23.4 Å². The van der Waals surface area contributed by atoms with Gasteiger partial charge >= 0.3 is 0 Å². The fourth-order valence-corrected chi connectivity index (χ4v) is 4.66. The summed E-state index contributed by atoms with van der Waals surface area (Å²) in [6, 6.07) is 12.6. The summed E-state index contributed by atoms with van der Waals surface area (Å²) in [7, 11) is 1.91. The van der Waals surface area contributed by atoms with Crippen molar-refractivity contribution in [2.45, 2.75) is 25.0 Å². The largest absolute Gasteiger partial charge is 0.469 e. The third kappa shape index (κ3) is 4.37. The summed E-state index contributed by atoms with van der Waals surface area (Å²) in [5.41, 5.74) is 6.05. The van der Waals surface area contributed by atoms with Gasteiger partial charge in [0.15, 0.2) is 0 Å². The van der Waals surface area contributed by atoms with Gasteiger partial charge in [0.1, 0.15) is 6.10 Å². The third-order valence-corrected chi connectivity index (χ3v) is 6.76. The summed E-state index contributed by atoms with van der Waals surface area (Å²) < 4.78 is 8.19.